The van der Waals surface area contributed by atoms with E-state index in [0.717, 1.165) is 49.1 Å². The fourth-order valence-electron chi connectivity index (χ4n) is 2.90. The monoisotopic (exact) mass is 296 g/mol. The summed E-state index contributed by atoms with van der Waals surface area (Å²) in [5, 5.41) is 0. The fraction of sp³-hybridized carbons (Fsp3) is 0.412. The van der Waals surface area contributed by atoms with Gasteiger partial charge in [0.05, 0.1) is 17.2 Å². The molecule has 3 rings (SSSR count). The predicted octanol–water partition coefficient (Wildman–Crippen LogP) is 0.801. The number of aromatic nitrogens is 2. The number of likely N-dealkylation sites (tertiary alicyclic amines) is 1. The first kappa shape index (κ1) is 14.8. The number of benzene rings is 1. The lowest BCUT2D eigenvalue weighted by atomic mass is 10.1. The molecule has 22 heavy (non-hydrogen) atoms. The molecule has 114 valence electrons. The minimum atomic E-state index is -0.0876. The van der Waals surface area contributed by atoms with Gasteiger partial charge in [0.25, 0.3) is 5.56 Å². The molecule has 0 atom stereocenters. The Morgan fingerprint density at radius 3 is 2.82 bits per heavy atom. The zero-order valence-corrected chi connectivity index (χ0v) is 12.5. The van der Waals surface area contributed by atoms with Gasteiger partial charge >= 0.3 is 0 Å². The molecule has 0 aliphatic carbocycles. The maximum atomic E-state index is 12.2. The molecular formula is C17H20N4O. The summed E-state index contributed by atoms with van der Waals surface area (Å²) in [4.78, 5) is 18.7. The molecule has 2 aromatic rings. The van der Waals surface area contributed by atoms with Gasteiger partial charge in [0.15, 0.2) is 0 Å². The summed E-state index contributed by atoms with van der Waals surface area (Å²) < 4.78 is 1.76. The quantitative estimate of drug-likeness (QED) is 0.851. The van der Waals surface area contributed by atoms with Crippen LogP contribution in [0.5, 0.6) is 0 Å². The van der Waals surface area contributed by atoms with Gasteiger partial charge in [-0.25, -0.2) is 4.98 Å². The molecular weight excluding hydrogens is 276 g/mol. The highest BCUT2D eigenvalue weighted by Gasteiger charge is 2.16. The standard InChI is InChI=1S/C17H20N4O/c1-2-13-3-4-15-16(11-13)21(17(22)12-19-15)10-9-20-7-5-14(18)6-8-20/h1,3-4,11-12,14H,5-10,18H2. The Bertz CT molecular complexity index is 766. The van der Waals surface area contributed by atoms with Crippen LogP contribution in [0.4, 0.5) is 0 Å². The third-order valence-corrected chi connectivity index (χ3v) is 4.29. The van der Waals surface area contributed by atoms with Crippen LogP contribution in [0.1, 0.15) is 18.4 Å². The highest BCUT2D eigenvalue weighted by Crippen LogP contribution is 2.13. The van der Waals surface area contributed by atoms with Crippen molar-refractivity contribution in [3.05, 3.63) is 40.3 Å². The van der Waals surface area contributed by atoms with Crippen molar-refractivity contribution in [2.45, 2.75) is 25.4 Å². The van der Waals surface area contributed by atoms with Crippen LogP contribution in [0.3, 0.4) is 0 Å². The zero-order chi connectivity index (χ0) is 15.5. The van der Waals surface area contributed by atoms with Crippen LogP contribution in [0.2, 0.25) is 0 Å². The highest BCUT2D eigenvalue weighted by molar-refractivity contribution is 5.76. The van der Waals surface area contributed by atoms with Crippen LogP contribution in [-0.4, -0.2) is 40.1 Å². The lowest BCUT2D eigenvalue weighted by molar-refractivity contribution is 0.206. The van der Waals surface area contributed by atoms with Gasteiger partial charge in [0.2, 0.25) is 0 Å². The molecule has 2 N–H and O–H groups in total. The molecule has 2 heterocycles. The van der Waals surface area contributed by atoms with Crippen LogP contribution in [0.25, 0.3) is 11.0 Å². The predicted molar refractivity (Wildman–Crippen MR) is 87.6 cm³/mol. The van der Waals surface area contributed by atoms with E-state index in [0.29, 0.717) is 12.6 Å². The molecule has 0 spiro atoms. The Labute approximate surface area is 129 Å². The van der Waals surface area contributed by atoms with Crippen LogP contribution >= 0.6 is 0 Å². The number of hydrogen-bond acceptors (Lipinski definition) is 4. The summed E-state index contributed by atoms with van der Waals surface area (Å²) >= 11 is 0. The molecule has 1 aromatic heterocycles. The Morgan fingerprint density at radius 2 is 2.09 bits per heavy atom. The van der Waals surface area contributed by atoms with Crippen LogP contribution in [-0.2, 0) is 6.54 Å². The Balaban J connectivity index is 1.84. The molecule has 0 bridgehead atoms. The summed E-state index contributed by atoms with van der Waals surface area (Å²) in [6, 6.07) is 5.88. The first-order chi connectivity index (χ1) is 10.7. The number of piperidine rings is 1. The van der Waals surface area contributed by atoms with E-state index >= 15 is 0 Å². The normalized spacial score (nSPS) is 16.7. The summed E-state index contributed by atoms with van der Waals surface area (Å²) in [6.45, 7) is 3.47. The molecule has 0 unspecified atom stereocenters. The second-order valence-electron chi connectivity index (χ2n) is 5.77. The average molecular weight is 296 g/mol. The zero-order valence-electron chi connectivity index (χ0n) is 12.5. The maximum absolute atomic E-state index is 12.2. The molecule has 1 saturated heterocycles. The SMILES string of the molecule is C#Cc1ccc2ncc(=O)n(CCN3CCC(N)CC3)c2c1. The summed E-state index contributed by atoms with van der Waals surface area (Å²) in [5.74, 6) is 2.61. The number of nitrogens with two attached hydrogens (primary N) is 1. The van der Waals surface area contributed by atoms with Crippen molar-refractivity contribution in [1.82, 2.24) is 14.5 Å². The summed E-state index contributed by atoms with van der Waals surface area (Å²) in [5.41, 5.74) is 8.19. The van der Waals surface area contributed by atoms with Crippen LogP contribution in [0.15, 0.2) is 29.2 Å². The van der Waals surface area contributed by atoms with Gasteiger partial charge in [-0.1, -0.05) is 5.92 Å². The van der Waals surface area contributed by atoms with Crippen LogP contribution in [0, 0.1) is 12.3 Å². The van der Waals surface area contributed by atoms with E-state index in [4.69, 9.17) is 12.2 Å². The summed E-state index contributed by atoms with van der Waals surface area (Å²) in [7, 11) is 0. The second-order valence-corrected chi connectivity index (χ2v) is 5.77. The first-order valence-electron chi connectivity index (χ1n) is 7.61. The first-order valence-corrected chi connectivity index (χ1v) is 7.61. The van der Waals surface area contributed by atoms with Crippen molar-refractivity contribution < 1.29 is 0 Å². The molecule has 0 saturated carbocycles. The Morgan fingerprint density at radius 1 is 1.32 bits per heavy atom. The van der Waals surface area contributed by atoms with E-state index in [1.807, 2.05) is 18.2 Å². The van der Waals surface area contributed by atoms with Gasteiger partial charge in [-0.3, -0.25) is 4.79 Å². The van der Waals surface area contributed by atoms with Gasteiger partial charge in [-0.2, -0.15) is 0 Å². The summed E-state index contributed by atoms with van der Waals surface area (Å²) in [6.07, 6.45) is 8.88. The third-order valence-electron chi connectivity index (χ3n) is 4.29. The molecule has 0 amide bonds. The van der Waals surface area contributed by atoms with Crippen molar-refractivity contribution in [3.8, 4) is 12.3 Å². The molecule has 5 nitrogen and oxygen atoms in total. The minimum Gasteiger partial charge on any atom is -0.328 e. The van der Waals surface area contributed by atoms with Gasteiger partial charge < -0.3 is 15.2 Å². The van der Waals surface area contributed by atoms with Crippen molar-refractivity contribution >= 4 is 11.0 Å². The largest absolute Gasteiger partial charge is 0.328 e. The molecule has 1 fully saturated rings. The molecule has 1 aromatic carbocycles. The van der Waals surface area contributed by atoms with Gasteiger partial charge in [-0.05, 0) is 44.1 Å². The van der Waals surface area contributed by atoms with Crippen molar-refractivity contribution in [3.63, 3.8) is 0 Å². The van der Waals surface area contributed by atoms with Crippen LogP contribution < -0.4 is 11.3 Å². The number of nitrogens with zero attached hydrogens (tertiary/aromatic N) is 3. The molecule has 1 aliphatic heterocycles. The van der Waals surface area contributed by atoms with Gasteiger partial charge in [-0.15, -0.1) is 6.42 Å². The van der Waals surface area contributed by atoms with Crippen molar-refractivity contribution in [2.75, 3.05) is 19.6 Å². The Kier molecular flexibility index (Phi) is 4.23. The van der Waals surface area contributed by atoms with E-state index in [1.54, 1.807) is 4.57 Å². The highest BCUT2D eigenvalue weighted by atomic mass is 16.1. The lowest BCUT2D eigenvalue weighted by Gasteiger charge is -2.30. The van der Waals surface area contributed by atoms with E-state index in [1.165, 1.54) is 6.20 Å². The van der Waals surface area contributed by atoms with E-state index in [2.05, 4.69) is 15.8 Å². The topological polar surface area (TPSA) is 64.2 Å². The maximum Gasteiger partial charge on any atom is 0.269 e. The van der Waals surface area contributed by atoms with Crippen molar-refractivity contribution in [2.24, 2.45) is 5.73 Å². The number of hydrogen-bond donors (Lipinski definition) is 1. The number of fused-ring (bicyclic) bond motifs is 1. The third kappa shape index (κ3) is 3.03. The molecule has 1 aliphatic rings. The number of rotatable bonds is 3. The van der Waals surface area contributed by atoms with Crippen molar-refractivity contribution in [1.29, 1.82) is 0 Å². The lowest BCUT2D eigenvalue weighted by Crippen LogP contribution is -2.41. The molecule has 0 radical (unpaired) electrons. The smallest absolute Gasteiger partial charge is 0.269 e. The minimum absolute atomic E-state index is 0.0876. The Hall–Kier alpha value is -2.16. The van der Waals surface area contributed by atoms with E-state index in [-0.39, 0.29) is 5.56 Å². The average Bonchev–Trinajstić information content (AvgIpc) is 2.55. The van der Waals surface area contributed by atoms with E-state index in [9.17, 15) is 4.79 Å². The van der Waals surface area contributed by atoms with Gasteiger partial charge in [0.1, 0.15) is 0 Å². The molecule has 5 heteroatoms. The second kappa shape index (κ2) is 6.30. The van der Waals surface area contributed by atoms with E-state index < -0.39 is 0 Å². The number of terminal acetylenes is 1. The fourth-order valence-corrected chi connectivity index (χ4v) is 2.90. The van der Waals surface area contributed by atoms with Gasteiger partial charge in [0, 0.05) is 24.7 Å².